The van der Waals surface area contributed by atoms with Crippen molar-refractivity contribution in [3.05, 3.63) is 32.6 Å². The largest absolute Gasteiger partial charge is 0.466 e. The quantitative estimate of drug-likeness (QED) is 0.564. The van der Waals surface area contributed by atoms with Crippen molar-refractivity contribution in [2.75, 3.05) is 13.2 Å². The molecule has 2 rings (SSSR count). The van der Waals surface area contributed by atoms with Crippen LogP contribution < -0.4 is 11.2 Å². The molecular formula is C19H32N2O5Si. The topological polar surface area (TPSA) is 90.4 Å². The van der Waals surface area contributed by atoms with Gasteiger partial charge in [-0.25, -0.2) is 4.79 Å². The molecule has 1 aliphatic carbocycles. The van der Waals surface area contributed by atoms with Gasteiger partial charge in [-0.2, -0.15) is 0 Å². The van der Waals surface area contributed by atoms with Crippen molar-refractivity contribution in [1.29, 1.82) is 0 Å². The Bertz CT molecular complexity index is 806. The summed E-state index contributed by atoms with van der Waals surface area (Å²) in [6.07, 6.45) is 1.59. The number of rotatable bonds is 7. The SMILES string of the molecule is CC(=O)OC[C@@H]1[C@@H](CO[Si](C)(C)C(C)(C)C)[C@H]1Cn1cc(C)c(=O)[nH]c1=O. The highest BCUT2D eigenvalue weighted by atomic mass is 28.4. The van der Waals surface area contributed by atoms with Gasteiger partial charge in [0.15, 0.2) is 8.32 Å². The van der Waals surface area contributed by atoms with Crippen molar-refractivity contribution in [3.8, 4) is 0 Å². The summed E-state index contributed by atoms with van der Waals surface area (Å²) in [6.45, 7) is 15.5. The Morgan fingerprint density at radius 3 is 2.33 bits per heavy atom. The van der Waals surface area contributed by atoms with Crippen molar-refractivity contribution < 1.29 is 14.0 Å². The predicted octanol–water partition coefficient (Wildman–Crippen LogP) is 2.29. The number of nitrogens with one attached hydrogen (secondary N) is 1. The monoisotopic (exact) mass is 396 g/mol. The number of H-pyrrole nitrogens is 1. The van der Waals surface area contributed by atoms with Gasteiger partial charge in [0.2, 0.25) is 0 Å². The second-order valence-corrected chi connectivity index (χ2v) is 13.9. The molecule has 8 heteroatoms. The van der Waals surface area contributed by atoms with Crippen LogP contribution in [-0.4, -0.2) is 37.1 Å². The molecule has 0 saturated heterocycles. The van der Waals surface area contributed by atoms with Crippen molar-refractivity contribution in [3.63, 3.8) is 0 Å². The van der Waals surface area contributed by atoms with E-state index in [2.05, 4.69) is 38.8 Å². The van der Waals surface area contributed by atoms with E-state index >= 15 is 0 Å². The summed E-state index contributed by atoms with van der Waals surface area (Å²) in [7, 11) is -1.87. The van der Waals surface area contributed by atoms with E-state index in [0.717, 1.165) is 0 Å². The van der Waals surface area contributed by atoms with Gasteiger partial charge in [0.1, 0.15) is 0 Å². The van der Waals surface area contributed by atoms with E-state index in [4.69, 9.17) is 9.16 Å². The minimum atomic E-state index is -1.87. The van der Waals surface area contributed by atoms with Crippen molar-refractivity contribution >= 4 is 14.3 Å². The molecule has 0 bridgehead atoms. The number of hydrogen-bond acceptors (Lipinski definition) is 5. The summed E-state index contributed by atoms with van der Waals surface area (Å²) in [5.74, 6) is 0.272. The van der Waals surface area contributed by atoms with Crippen molar-refractivity contribution in [2.45, 2.75) is 59.3 Å². The highest BCUT2D eigenvalue weighted by molar-refractivity contribution is 6.74. The highest BCUT2D eigenvalue weighted by Gasteiger charge is 2.52. The first-order valence-electron chi connectivity index (χ1n) is 9.41. The van der Waals surface area contributed by atoms with Crippen LogP contribution in [0, 0.1) is 24.7 Å². The lowest BCUT2D eigenvalue weighted by Crippen LogP contribution is -2.41. The Hall–Kier alpha value is -1.67. The number of carbonyl (C=O) groups excluding carboxylic acids is 1. The fraction of sp³-hybridized carbons (Fsp3) is 0.737. The van der Waals surface area contributed by atoms with Crippen molar-refractivity contribution in [1.82, 2.24) is 9.55 Å². The van der Waals surface area contributed by atoms with E-state index in [1.54, 1.807) is 13.1 Å². The third-order valence-corrected chi connectivity index (χ3v) is 10.5. The number of carbonyl (C=O) groups is 1. The molecule has 1 fully saturated rings. The van der Waals surface area contributed by atoms with Crippen LogP contribution in [0.25, 0.3) is 0 Å². The molecule has 0 spiro atoms. The summed E-state index contributed by atoms with van der Waals surface area (Å²) in [6, 6.07) is 0. The maximum absolute atomic E-state index is 12.1. The Morgan fingerprint density at radius 1 is 1.19 bits per heavy atom. The molecule has 0 aliphatic heterocycles. The molecule has 0 amide bonds. The molecule has 1 heterocycles. The normalized spacial score (nSPS) is 22.6. The van der Waals surface area contributed by atoms with Gasteiger partial charge >= 0.3 is 11.7 Å². The Labute approximate surface area is 161 Å². The summed E-state index contributed by atoms with van der Waals surface area (Å²) < 4.78 is 13.1. The lowest BCUT2D eigenvalue weighted by Gasteiger charge is -2.36. The van der Waals surface area contributed by atoms with Crippen LogP contribution in [0.4, 0.5) is 0 Å². The Balaban J connectivity index is 2.10. The minimum absolute atomic E-state index is 0.121. The lowest BCUT2D eigenvalue weighted by atomic mass is 10.2. The van der Waals surface area contributed by atoms with Gasteiger partial charge in [-0.15, -0.1) is 0 Å². The third-order valence-electron chi connectivity index (χ3n) is 6.03. The lowest BCUT2D eigenvalue weighted by molar-refractivity contribution is -0.141. The van der Waals surface area contributed by atoms with Gasteiger partial charge < -0.3 is 13.7 Å². The number of aromatic amines is 1. The van der Waals surface area contributed by atoms with E-state index in [0.29, 0.717) is 25.3 Å². The van der Waals surface area contributed by atoms with Crippen LogP contribution in [0.3, 0.4) is 0 Å². The van der Waals surface area contributed by atoms with Crippen molar-refractivity contribution in [2.24, 2.45) is 17.8 Å². The van der Waals surface area contributed by atoms with E-state index < -0.39 is 14.0 Å². The van der Waals surface area contributed by atoms with E-state index in [1.165, 1.54) is 11.5 Å². The average molecular weight is 397 g/mol. The summed E-state index contributed by atoms with van der Waals surface area (Å²) in [5, 5.41) is 0.121. The third kappa shape index (κ3) is 5.19. The van der Waals surface area contributed by atoms with E-state index in [-0.39, 0.29) is 34.3 Å². The highest BCUT2D eigenvalue weighted by Crippen LogP contribution is 2.49. The second kappa shape index (κ2) is 7.75. The summed E-state index contributed by atoms with van der Waals surface area (Å²) in [4.78, 5) is 37.2. The maximum atomic E-state index is 12.1. The van der Waals surface area contributed by atoms with Gasteiger partial charge in [0.05, 0.1) is 6.61 Å². The molecule has 1 aromatic rings. The molecule has 1 saturated carbocycles. The number of aryl methyl sites for hydroxylation is 1. The van der Waals surface area contributed by atoms with Crippen LogP contribution in [0.5, 0.6) is 0 Å². The molecule has 1 aromatic heterocycles. The van der Waals surface area contributed by atoms with Crippen LogP contribution in [0.2, 0.25) is 18.1 Å². The zero-order valence-corrected chi connectivity index (χ0v) is 18.4. The average Bonchev–Trinajstić information content (AvgIpc) is 3.19. The first-order valence-corrected chi connectivity index (χ1v) is 12.3. The number of esters is 1. The minimum Gasteiger partial charge on any atom is -0.466 e. The first kappa shape index (κ1) is 21.6. The van der Waals surface area contributed by atoms with Gasteiger partial charge in [-0.3, -0.25) is 14.6 Å². The van der Waals surface area contributed by atoms with Crippen LogP contribution in [-0.2, 0) is 20.5 Å². The maximum Gasteiger partial charge on any atom is 0.328 e. The molecule has 7 nitrogen and oxygen atoms in total. The number of ether oxygens (including phenoxy) is 1. The molecule has 27 heavy (non-hydrogen) atoms. The number of nitrogens with zero attached hydrogens (tertiary/aromatic N) is 1. The van der Waals surface area contributed by atoms with Crippen LogP contribution in [0.1, 0.15) is 33.3 Å². The molecule has 3 atom stereocenters. The van der Waals surface area contributed by atoms with Gasteiger partial charge in [-0.1, -0.05) is 20.8 Å². The smallest absolute Gasteiger partial charge is 0.328 e. The second-order valence-electron chi connectivity index (χ2n) is 9.09. The van der Waals surface area contributed by atoms with Crippen LogP contribution >= 0.6 is 0 Å². The Kier molecular flexibility index (Phi) is 6.21. The van der Waals surface area contributed by atoms with E-state index in [1.807, 2.05) is 0 Å². The molecule has 1 aliphatic rings. The zero-order chi connectivity index (χ0) is 20.6. The number of aromatic nitrogens is 2. The van der Waals surface area contributed by atoms with Crippen LogP contribution in [0.15, 0.2) is 15.8 Å². The van der Waals surface area contributed by atoms with Gasteiger partial charge in [-0.05, 0) is 36.9 Å². The molecule has 0 aromatic carbocycles. The number of hydrogen-bond donors (Lipinski definition) is 1. The summed E-state index contributed by atoms with van der Waals surface area (Å²) in [5.41, 5.74) is -0.269. The fourth-order valence-corrected chi connectivity index (χ4v) is 4.05. The molecular weight excluding hydrogens is 364 g/mol. The summed E-state index contributed by atoms with van der Waals surface area (Å²) >= 11 is 0. The zero-order valence-electron chi connectivity index (χ0n) is 17.4. The predicted molar refractivity (Wildman–Crippen MR) is 106 cm³/mol. The molecule has 0 unspecified atom stereocenters. The van der Waals surface area contributed by atoms with E-state index in [9.17, 15) is 14.4 Å². The molecule has 152 valence electrons. The first-order chi connectivity index (χ1) is 12.3. The van der Waals surface area contributed by atoms with Gasteiger partial charge in [0.25, 0.3) is 5.56 Å². The standard InChI is InChI=1S/C19H32N2O5Si/c1-12-8-21(18(24)20-17(12)23)9-14-15(10-25-13(2)22)16(14)11-26-27(6,7)19(3,4)5/h8,14-16H,9-11H2,1-7H3,(H,20,23,24)/t14-,15-,16-/m0/s1. The fourth-order valence-electron chi connectivity index (χ4n) is 3.01. The Morgan fingerprint density at radius 2 is 1.78 bits per heavy atom. The molecule has 0 radical (unpaired) electrons. The molecule has 1 N–H and O–H groups in total. The van der Waals surface area contributed by atoms with Gasteiger partial charge in [0, 0.05) is 37.8 Å².